The van der Waals surface area contributed by atoms with Crippen molar-refractivity contribution in [3.63, 3.8) is 0 Å². The summed E-state index contributed by atoms with van der Waals surface area (Å²) in [7, 11) is 0. The first-order chi connectivity index (χ1) is 13.7. The Balaban J connectivity index is 1.47. The maximum Gasteiger partial charge on any atom is 0.287 e. The minimum absolute atomic E-state index is 0.0736. The molecule has 2 aromatic rings. The summed E-state index contributed by atoms with van der Waals surface area (Å²) in [5, 5.41) is 3.14. The van der Waals surface area contributed by atoms with Crippen molar-refractivity contribution < 1.29 is 9.59 Å². The molecule has 1 N–H and O–H groups in total. The second-order valence-corrected chi connectivity index (χ2v) is 8.13. The largest absolute Gasteiger partial charge is 0.347 e. The summed E-state index contributed by atoms with van der Waals surface area (Å²) in [5.41, 5.74) is 3.57. The number of amides is 2. The Morgan fingerprint density at radius 2 is 1.82 bits per heavy atom. The third kappa shape index (κ3) is 2.91. The van der Waals surface area contributed by atoms with Crippen molar-refractivity contribution in [1.29, 1.82) is 0 Å². The van der Waals surface area contributed by atoms with Gasteiger partial charge in [-0.25, -0.2) is 4.98 Å². The smallest absolute Gasteiger partial charge is 0.287 e. The Labute approximate surface area is 164 Å². The number of anilines is 1. The average Bonchev–Trinajstić information content (AvgIpc) is 3.45. The van der Waals surface area contributed by atoms with Gasteiger partial charge in [-0.15, -0.1) is 0 Å². The molecule has 28 heavy (non-hydrogen) atoms. The van der Waals surface area contributed by atoms with Gasteiger partial charge in [-0.1, -0.05) is 31.0 Å². The zero-order valence-corrected chi connectivity index (χ0v) is 16.1. The molecule has 2 amide bonds. The minimum atomic E-state index is -0.129. The molecule has 3 aliphatic rings. The molecular formula is C22H26N4O2. The molecule has 5 rings (SSSR count). The quantitative estimate of drug-likeness (QED) is 0.892. The van der Waals surface area contributed by atoms with Gasteiger partial charge in [0.25, 0.3) is 11.8 Å². The lowest BCUT2D eigenvalue weighted by Crippen LogP contribution is -2.35. The van der Waals surface area contributed by atoms with E-state index in [1.165, 1.54) is 18.4 Å². The summed E-state index contributed by atoms with van der Waals surface area (Å²) < 4.78 is 1.99. The van der Waals surface area contributed by atoms with Crippen LogP contribution in [-0.4, -0.2) is 34.0 Å². The van der Waals surface area contributed by atoms with E-state index in [4.69, 9.17) is 0 Å². The Bertz CT molecular complexity index is 927. The zero-order valence-electron chi connectivity index (χ0n) is 16.1. The molecule has 1 saturated carbocycles. The van der Waals surface area contributed by atoms with Gasteiger partial charge in [-0.2, -0.15) is 0 Å². The number of hydrogen-bond acceptors (Lipinski definition) is 3. The second kappa shape index (κ2) is 7.08. The molecule has 1 fully saturated rings. The van der Waals surface area contributed by atoms with Gasteiger partial charge in [0.15, 0.2) is 11.5 Å². The van der Waals surface area contributed by atoms with Gasteiger partial charge in [-0.05, 0) is 50.2 Å². The lowest BCUT2D eigenvalue weighted by molar-refractivity contribution is 0.0921. The first-order valence-electron chi connectivity index (χ1n) is 10.5. The molecule has 1 aromatic carbocycles. The summed E-state index contributed by atoms with van der Waals surface area (Å²) >= 11 is 0. The highest BCUT2D eigenvalue weighted by molar-refractivity contribution is 6.07. The molecule has 146 valence electrons. The van der Waals surface area contributed by atoms with Crippen LogP contribution in [0.2, 0.25) is 0 Å². The van der Waals surface area contributed by atoms with Crippen LogP contribution in [0, 0.1) is 0 Å². The molecular weight excluding hydrogens is 352 g/mol. The van der Waals surface area contributed by atoms with Crippen molar-refractivity contribution in [3.05, 3.63) is 47.0 Å². The molecule has 0 bridgehead atoms. The molecule has 1 aromatic heterocycles. The lowest BCUT2D eigenvalue weighted by Gasteiger charge is -2.20. The van der Waals surface area contributed by atoms with Crippen molar-refractivity contribution >= 4 is 17.5 Å². The highest BCUT2D eigenvalue weighted by Gasteiger charge is 2.33. The number of nitrogens with zero attached hydrogens (tertiary/aromatic N) is 3. The van der Waals surface area contributed by atoms with Crippen LogP contribution in [0.15, 0.2) is 24.3 Å². The Hall–Kier alpha value is -2.63. The van der Waals surface area contributed by atoms with Crippen molar-refractivity contribution in [2.75, 3.05) is 11.4 Å². The zero-order chi connectivity index (χ0) is 19.1. The highest BCUT2D eigenvalue weighted by Crippen LogP contribution is 2.30. The molecule has 1 aliphatic carbocycles. The van der Waals surface area contributed by atoms with Gasteiger partial charge < -0.3 is 14.8 Å². The number of para-hydroxylation sites is 1. The fourth-order valence-electron chi connectivity index (χ4n) is 4.88. The Kier molecular flexibility index (Phi) is 4.41. The number of rotatable bonds is 3. The van der Waals surface area contributed by atoms with E-state index < -0.39 is 0 Å². The fourth-order valence-corrected chi connectivity index (χ4v) is 4.88. The summed E-state index contributed by atoms with van der Waals surface area (Å²) in [6.07, 6.45) is 8.14. The average molecular weight is 378 g/mol. The first kappa shape index (κ1) is 17.5. The number of hydrogen-bond donors (Lipinski definition) is 1. The van der Waals surface area contributed by atoms with E-state index in [0.29, 0.717) is 18.1 Å². The third-order valence-corrected chi connectivity index (χ3v) is 6.35. The van der Waals surface area contributed by atoms with Crippen LogP contribution in [0.5, 0.6) is 0 Å². The summed E-state index contributed by atoms with van der Waals surface area (Å²) in [4.78, 5) is 32.7. The third-order valence-electron chi connectivity index (χ3n) is 6.35. The molecule has 0 unspecified atom stereocenters. The van der Waals surface area contributed by atoms with Gasteiger partial charge in [0.1, 0.15) is 0 Å². The standard InChI is InChI=1S/C22H26N4O2/c27-21(23-16-8-2-3-9-16)20-24-19(18-11-5-6-13-25(18)20)22(28)26-14-12-15-7-1-4-10-17(15)26/h1,4,7,10,16H,2-3,5-6,8-9,11-14H2,(H,23,27). The number of carbonyl (C=O) groups is 2. The van der Waals surface area contributed by atoms with Crippen LogP contribution < -0.4 is 10.2 Å². The molecule has 2 aliphatic heterocycles. The van der Waals surface area contributed by atoms with Crippen LogP contribution in [0.1, 0.15) is 70.9 Å². The summed E-state index contributed by atoms with van der Waals surface area (Å²) in [5.74, 6) is 0.212. The van der Waals surface area contributed by atoms with Gasteiger partial charge in [0, 0.05) is 24.8 Å². The van der Waals surface area contributed by atoms with Crippen molar-refractivity contribution in [3.8, 4) is 0 Å². The van der Waals surface area contributed by atoms with Gasteiger partial charge in [0.05, 0.1) is 5.69 Å². The van der Waals surface area contributed by atoms with E-state index in [1.807, 2.05) is 27.7 Å². The van der Waals surface area contributed by atoms with Crippen LogP contribution in [0.4, 0.5) is 5.69 Å². The number of imidazole rings is 1. The molecule has 0 saturated heterocycles. The highest BCUT2D eigenvalue weighted by atomic mass is 16.2. The van der Waals surface area contributed by atoms with Crippen molar-refractivity contribution in [1.82, 2.24) is 14.9 Å². The SMILES string of the molecule is O=C(NC1CCCC1)c1nc(C(=O)N2CCc3ccccc32)c2n1CCCC2. The first-order valence-corrected chi connectivity index (χ1v) is 10.5. The number of aromatic nitrogens is 2. The molecule has 3 heterocycles. The van der Waals surface area contributed by atoms with Gasteiger partial charge >= 0.3 is 0 Å². The van der Waals surface area contributed by atoms with E-state index in [9.17, 15) is 9.59 Å². The molecule has 0 spiro atoms. The van der Waals surface area contributed by atoms with E-state index in [1.54, 1.807) is 0 Å². The normalized spacial score (nSPS) is 18.8. The lowest BCUT2D eigenvalue weighted by atomic mass is 10.1. The van der Waals surface area contributed by atoms with Crippen molar-refractivity contribution in [2.45, 2.75) is 64.0 Å². The molecule has 6 nitrogen and oxygen atoms in total. The van der Waals surface area contributed by atoms with E-state index >= 15 is 0 Å². The van der Waals surface area contributed by atoms with Crippen molar-refractivity contribution in [2.24, 2.45) is 0 Å². The van der Waals surface area contributed by atoms with Gasteiger partial charge in [0.2, 0.25) is 0 Å². The van der Waals surface area contributed by atoms with Crippen LogP contribution >= 0.6 is 0 Å². The van der Waals surface area contributed by atoms with Crippen LogP contribution in [-0.2, 0) is 19.4 Å². The Morgan fingerprint density at radius 1 is 1.00 bits per heavy atom. The Morgan fingerprint density at radius 3 is 2.68 bits per heavy atom. The maximum atomic E-state index is 13.4. The van der Waals surface area contributed by atoms with E-state index in [-0.39, 0.29) is 17.9 Å². The topological polar surface area (TPSA) is 67.2 Å². The number of benzene rings is 1. The minimum Gasteiger partial charge on any atom is -0.347 e. The predicted molar refractivity (Wildman–Crippen MR) is 107 cm³/mol. The van der Waals surface area contributed by atoms with Crippen LogP contribution in [0.25, 0.3) is 0 Å². The number of fused-ring (bicyclic) bond motifs is 2. The summed E-state index contributed by atoms with van der Waals surface area (Å²) in [6.45, 7) is 1.44. The molecule has 6 heteroatoms. The van der Waals surface area contributed by atoms with E-state index in [2.05, 4.69) is 16.4 Å². The van der Waals surface area contributed by atoms with Crippen LogP contribution in [0.3, 0.4) is 0 Å². The van der Waals surface area contributed by atoms with Gasteiger partial charge in [-0.3, -0.25) is 9.59 Å². The fraction of sp³-hybridized carbons (Fsp3) is 0.500. The molecule has 0 atom stereocenters. The monoisotopic (exact) mass is 378 g/mol. The summed E-state index contributed by atoms with van der Waals surface area (Å²) in [6, 6.07) is 8.29. The maximum absolute atomic E-state index is 13.4. The molecule has 0 radical (unpaired) electrons. The number of carbonyl (C=O) groups excluding carboxylic acids is 2. The van der Waals surface area contributed by atoms with E-state index in [0.717, 1.165) is 56.5 Å². The second-order valence-electron chi connectivity index (χ2n) is 8.13. The predicted octanol–water partition coefficient (Wildman–Crippen LogP) is 3.09. The number of nitrogens with one attached hydrogen (secondary N) is 1.